The Morgan fingerprint density at radius 1 is 1.31 bits per heavy atom. The minimum Gasteiger partial charge on any atom is -0.381 e. The third-order valence-corrected chi connectivity index (χ3v) is 3.26. The summed E-state index contributed by atoms with van der Waals surface area (Å²) in [7, 11) is 0. The highest BCUT2D eigenvalue weighted by Gasteiger charge is 2.16. The summed E-state index contributed by atoms with van der Waals surface area (Å²) in [5, 5.41) is 3.47. The molecule has 0 aromatic carbocycles. The molecule has 3 heteroatoms. The van der Waals surface area contributed by atoms with Gasteiger partial charge in [-0.05, 0) is 31.2 Å². The summed E-state index contributed by atoms with van der Waals surface area (Å²) in [6.07, 6.45) is 2.32. The summed E-state index contributed by atoms with van der Waals surface area (Å²) < 4.78 is 11.2. The lowest BCUT2D eigenvalue weighted by Crippen LogP contribution is -2.38. The Kier molecular flexibility index (Phi) is 7.01. The molecule has 0 aliphatic carbocycles. The fourth-order valence-electron chi connectivity index (χ4n) is 2.02. The zero-order valence-electron chi connectivity index (χ0n) is 11.0. The fraction of sp³-hybridized carbons (Fsp3) is 1.00. The van der Waals surface area contributed by atoms with Crippen molar-refractivity contribution in [2.75, 3.05) is 33.0 Å². The second kappa shape index (κ2) is 8.04. The lowest BCUT2D eigenvalue weighted by molar-refractivity contribution is 0.0122. The summed E-state index contributed by atoms with van der Waals surface area (Å²) >= 11 is 0. The third kappa shape index (κ3) is 5.28. The Morgan fingerprint density at radius 2 is 2.00 bits per heavy atom. The summed E-state index contributed by atoms with van der Waals surface area (Å²) in [5.74, 6) is 1.35. The van der Waals surface area contributed by atoms with E-state index in [9.17, 15) is 0 Å². The van der Waals surface area contributed by atoms with Crippen molar-refractivity contribution in [2.45, 2.75) is 39.7 Å². The van der Waals surface area contributed by atoms with E-state index in [1.807, 2.05) is 0 Å². The molecule has 1 rings (SSSR count). The number of rotatable bonds is 7. The molecular formula is C13H27NO2. The average Bonchev–Trinajstić information content (AvgIpc) is 2.29. The van der Waals surface area contributed by atoms with Crippen LogP contribution in [0.2, 0.25) is 0 Å². The number of hydrogen-bond acceptors (Lipinski definition) is 3. The number of hydrogen-bond donors (Lipinski definition) is 1. The van der Waals surface area contributed by atoms with Crippen LogP contribution in [0.3, 0.4) is 0 Å². The van der Waals surface area contributed by atoms with Crippen molar-refractivity contribution in [1.29, 1.82) is 0 Å². The highest BCUT2D eigenvalue weighted by molar-refractivity contribution is 4.70. The molecule has 1 unspecified atom stereocenters. The predicted octanol–water partition coefficient (Wildman–Crippen LogP) is 2.06. The number of nitrogens with one attached hydrogen (secondary N) is 1. The molecule has 0 bridgehead atoms. The lowest BCUT2D eigenvalue weighted by atomic mass is 10.0. The summed E-state index contributed by atoms with van der Waals surface area (Å²) in [5.41, 5.74) is 0. The van der Waals surface area contributed by atoms with Crippen LogP contribution in [0.5, 0.6) is 0 Å². The van der Waals surface area contributed by atoms with Gasteiger partial charge < -0.3 is 14.8 Å². The van der Waals surface area contributed by atoms with E-state index in [1.165, 1.54) is 0 Å². The normalized spacial score (nSPS) is 20.2. The molecule has 0 saturated carbocycles. The number of ether oxygens (including phenoxy) is 2. The van der Waals surface area contributed by atoms with Gasteiger partial charge >= 0.3 is 0 Å². The van der Waals surface area contributed by atoms with E-state index in [2.05, 4.69) is 26.1 Å². The van der Waals surface area contributed by atoms with Gasteiger partial charge in [0.15, 0.2) is 0 Å². The van der Waals surface area contributed by atoms with Crippen molar-refractivity contribution >= 4 is 0 Å². The predicted molar refractivity (Wildman–Crippen MR) is 66.7 cm³/mol. The molecule has 0 radical (unpaired) electrons. The first-order chi connectivity index (χ1) is 7.74. The minimum atomic E-state index is 0.491. The van der Waals surface area contributed by atoms with E-state index < -0.39 is 0 Å². The van der Waals surface area contributed by atoms with Crippen molar-refractivity contribution in [1.82, 2.24) is 5.32 Å². The molecule has 0 aromatic heterocycles. The van der Waals surface area contributed by atoms with Crippen molar-refractivity contribution < 1.29 is 9.47 Å². The van der Waals surface area contributed by atoms with Gasteiger partial charge in [-0.2, -0.15) is 0 Å². The van der Waals surface area contributed by atoms with Gasteiger partial charge in [-0.25, -0.2) is 0 Å². The molecule has 96 valence electrons. The topological polar surface area (TPSA) is 30.5 Å². The Bertz CT molecular complexity index is 167. The van der Waals surface area contributed by atoms with E-state index in [0.717, 1.165) is 45.8 Å². The molecule has 1 fully saturated rings. The van der Waals surface area contributed by atoms with Crippen LogP contribution in [-0.2, 0) is 9.47 Å². The van der Waals surface area contributed by atoms with Crippen LogP contribution in [0.1, 0.15) is 33.6 Å². The van der Waals surface area contributed by atoms with E-state index in [-0.39, 0.29) is 0 Å². The largest absolute Gasteiger partial charge is 0.381 e. The molecule has 1 aliphatic heterocycles. The summed E-state index contributed by atoms with van der Waals surface area (Å²) in [6, 6.07) is 0.491. The molecule has 1 N–H and O–H groups in total. The monoisotopic (exact) mass is 229 g/mol. The Labute approximate surface area is 99.9 Å². The van der Waals surface area contributed by atoms with Crippen LogP contribution in [0.25, 0.3) is 0 Å². The Hall–Kier alpha value is -0.120. The van der Waals surface area contributed by atoms with Crippen LogP contribution < -0.4 is 5.32 Å². The standard InChI is InChI=1S/C13H27NO2/c1-4-14-13(11(2)3)10-16-9-12-5-7-15-8-6-12/h11-14H,4-10H2,1-3H3. The highest BCUT2D eigenvalue weighted by Crippen LogP contribution is 2.15. The minimum absolute atomic E-state index is 0.491. The van der Waals surface area contributed by atoms with E-state index in [1.54, 1.807) is 0 Å². The third-order valence-electron chi connectivity index (χ3n) is 3.26. The number of likely N-dealkylation sites (N-methyl/N-ethyl adjacent to an activating group) is 1. The van der Waals surface area contributed by atoms with Gasteiger partial charge in [0.25, 0.3) is 0 Å². The van der Waals surface area contributed by atoms with Gasteiger partial charge in [0, 0.05) is 25.9 Å². The van der Waals surface area contributed by atoms with Crippen molar-refractivity contribution in [2.24, 2.45) is 11.8 Å². The molecule has 16 heavy (non-hydrogen) atoms. The quantitative estimate of drug-likeness (QED) is 0.725. The Morgan fingerprint density at radius 3 is 2.56 bits per heavy atom. The van der Waals surface area contributed by atoms with Gasteiger partial charge in [-0.1, -0.05) is 20.8 Å². The first-order valence-corrected chi connectivity index (χ1v) is 6.63. The van der Waals surface area contributed by atoms with Crippen molar-refractivity contribution in [3.8, 4) is 0 Å². The van der Waals surface area contributed by atoms with Crippen LogP contribution in [-0.4, -0.2) is 39.0 Å². The first-order valence-electron chi connectivity index (χ1n) is 6.63. The molecule has 1 heterocycles. The average molecular weight is 229 g/mol. The maximum Gasteiger partial charge on any atom is 0.0622 e. The van der Waals surface area contributed by atoms with E-state index in [0.29, 0.717) is 17.9 Å². The molecular weight excluding hydrogens is 202 g/mol. The highest BCUT2D eigenvalue weighted by atomic mass is 16.5. The van der Waals surface area contributed by atoms with Crippen LogP contribution >= 0.6 is 0 Å². The molecule has 0 amide bonds. The second-order valence-electron chi connectivity index (χ2n) is 5.00. The zero-order valence-corrected chi connectivity index (χ0v) is 11.0. The van der Waals surface area contributed by atoms with Gasteiger partial charge in [-0.15, -0.1) is 0 Å². The van der Waals surface area contributed by atoms with Gasteiger partial charge in [0.05, 0.1) is 6.61 Å². The van der Waals surface area contributed by atoms with Crippen LogP contribution in [0.4, 0.5) is 0 Å². The maximum absolute atomic E-state index is 5.83. The smallest absolute Gasteiger partial charge is 0.0622 e. The van der Waals surface area contributed by atoms with Crippen molar-refractivity contribution in [3.05, 3.63) is 0 Å². The Balaban J connectivity index is 2.11. The molecule has 1 saturated heterocycles. The maximum atomic E-state index is 5.83. The van der Waals surface area contributed by atoms with Crippen LogP contribution in [0, 0.1) is 11.8 Å². The van der Waals surface area contributed by atoms with E-state index in [4.69, 9.17) is 9.47 Å². The summed E-state index contributed by atoms with van der Waals surface area (Å²) in [6.45, 7) is 11.2. The van der Waals surface area contributed by atoms with Gasteiger partial charge in [-0.3, -0.25) is 0 Å². The molecule has 3 nitrogen and oxygen atoms in total. The summed E-state index contributed by atoms with van der Waals surface area (Å²) in [4.78, 5) is 0. The van der Waals surface area contributed by atoms with Gasteiger partial charge in [0.2, 0.25) is 0 Å². The molecule has 1 atom stereocenters. The molecule has 1 aliphatic rings. The molecule has 0 aromatic rings. The van der Waals surface area contributed by atoms with Gasteiger partial charge in [0.1, 0.15) is 0 Å². The second-order valence-corrected chi connectivity index (χ2v) is 5.00. The zero-order chi connectivity index (χ0) is 11.8. The van der Waals surface area contributed by atoms with E-state index >= 15 is 0 Å². The SMILES string of the molecule is CCNC(COCC1CCOCC1)C(C)C. The lowest BCUT2D eigenvalue weighted by Gasteiger charge is -2.25. The first kappa shape index (κ1) is 13.9. The van der Waals surface area contributed by atoms with Crippen molar-refractivity contribution in [3.63, 3.8) is 0 Å². The molecule has 0 spiro atoms. The van der Waals surface area contributed by atoms with Crippen LogP contribution in [0.15, 0.2) is 0 Å². The fourth-order valence-corrected chi connectivity index (χ4v) is 2.02.